The lowest BCUT2D eigenvalue weighted by Crippen LogP contribution is -2.36. The predicted octanol–water partition coefficient (Wildman–Crippen LogP) is 11.9. The van der Waals surface area contributed by atoms with Crippen molar-refractivity contribution in [2.24, 2.45) is 0 Å². The van der Waals surface area contributed by atoms with Gasteiger partial charge in [0.2, 0.25) is 0 Å². The number of pyridine rings is 1. The van der Waals surface area contributed by atoms with Gasteiger partial charge in [0, 0.05) is 95.4 Å². The Balaban J connectivity index is 0.00000438. The van der Waals surface area contributed by atoms with Crippen LogP contribution in [0.5, 0.6) is 0 Å². The summed E-state index contributed by atoms with van der Waals surface area (Å²) in [4.78, 5) is 6.11. The van der Waals surface area contributed by atoms with Gasteiger partial charge in [-0.1, -0.05) is 68.8 Å². The molecule has 69 heavy (non-hydrogen) atoms. The van der Waals surface area contributed by atoms with Gasteiger partial charge in [-0.3, -0.25) is 10.1 Å². The van der Waals surface area contributed by atoms with Gasteiger partial charge in [0.25, 0.3) is 0 Å². The van der Waals surface area contributed by atoms with E-state index in [1.807, 2.05) is 5.10 Å². The molecule has 0 spiro atoms. The number of nitrogens with zero attached hydrogens (tertiary/aromatic N) is 4. The molecule has 1 atom stereocenters. The summed E-state index contributed by atoms with van der Waals surface area (Å²) in [5.74, 6) is 0. The number of aromatic nitrogens is 4. The van der Waals surface area contributed by atoms with E-state index in [2.05, 4.69) is 114 Å². The number of unbranched alkanes of at least 4 members (excludes halogenated alkanes) is 3. The van der Waals surface area contributed by atoms with Crippen molar-refractivity contribution in [2.75, 3.05) is 33.4 Å². The zero-order valence-corrected chi connectivity index (χ0v) is 40.1. The number of aryl methyl sites for hydroxylation is 1. The molecule has 6 rings (SSSR count). The second-order valence-electron chi connectivity index (χ2n) is 17.7. The van der Waals surface area contributed by atoms with Crippen LogP contribution in [0.3, 0.4) is 0 Å². The Hall–Kier alpha value is -6.46. The molecule has 3 aromatic heterocycles. The Bertz CT molecular complexity index is 2740. The van der Waals surface area contributed by atoms with Crippen LogP contribution in [0, 0.1) is 19.8 Å². The average molecular weight is 954 g/mol. The monoisotopic (exact) mass is 954 g/mol. The molecule has 0 bridgehead atoms. The van der Waals surface area contributed by atoms with Crippen LogP contribution >= 0.6 is 0 Å². The lowest BCUT2D eigenvalue weighted by Gasteiger charge is -2.29. The fraction of sp³-hybridized carbons (Fsp3) is 0.382. The molecule has 368 valence electrons. The van der Waals surface area contributed by atoms with Crippen molar-refractivity contribution < 1.29 is 31.1 Å². The Morgan fingerprint density at radius 2 is 1.65 bits per heavy atom. The second kappa shape index (κ2) is 24.2. The Kier molecular flexibility index (Phi) is 18.8. The van der Waals surface area contributed by atoms with E-state index in [0.717, 1.165) is 122 Å². The molecule has 2 aromatic carbocycles. The number of allylic oxidation sites excluding steroid dienone is 4. The first-order valence-corrected chi connectivity index (χ1v) is 23.2. The number of ether oxygens (including phenoxy) is 1. The number of hydrogen-bond acceptors (Lipinski definition) is 6. The summed E-state index contributed by atoms with van der Waals surface area (Å²) >= 11 is 0. The quantitative estimate of drug-likeness (QED) is 0.0364. The zero-order chi connectivity index (χ0) is 50.5. The standard InChI is InChI=1S/C53H63F6N7O.C2H2/c1-34(18-20-41-16-14-17-46-39(6)66(40(7)51(41)46)48-23-19-36(3)62-38(48)5)33-65(8)26-11-9-12-27-67-28-13-10-15-35(2)61-25-24-42-21-22-45(47-30-49(64-63-47)53(57,58)59)37(4)50(42)43-29-44(32-60-31-43)52(54,55)56;1-2/h14,16-17,21-22,29-33,48,61-62H,2-3,5-7,9-13,15,18-20,23-28H2,1,4,8H3,(H,63,64);1-2H/b34-33+;. The number of benzene rings is 2. The van der Waals surface area contributed by atoms with Crippen LogP contribution < -0.4 is 21.3 Å². The number of halogens is 6. The first-order chi connectivity index (χ1) is 32.8. The number of fused-ring (bicyclic) bond motifs is 1. The predicted molar refractivity (Wildman–Crippen MR) is 268 cm³/mol. The van der Waals surface area contributed by atoms with E-state index in [0.29, 0.717) is 48.4 Å². The second-order valence-corrected chi connectivity index (χ2v) is 17.7. The number of H-pyrrole nitrogens is 1. The molecule has 1 aliphatic rings. The highest BCUT2D eigenvalue weighted by Crippen LogP contribution is 2.38. The third-order valence-corrected chi connectivity index (χ3v) is 12.5. The molecule has 3 N–H and O–H groups in total. The highest BCUT2D eigenvalue weighted by Gasteiger charge is 2.34. The molecule has 14 heteroatoms. The van der Waals surface area contributed by atoms with Gasteiger partial charge in [0.15, 0.2) is 0 Å². The number of terminal acetylenes is 1. The van der Waals surface area contributed by atoms with Crippen molar-refractivity contribution in [1.29, 1.82) is 0 Å². The molecule has 0 radical (unpaired) electrons. The Morgan fingerprint density at radius 3 is 2.35 bits per heavy atom. The van der Waals surface area contributed by atoms with Gasteiger partial charge >= 0.3 is 12.4 Å². The summed E-state index contributed by atoms with van der Waals surface area (Å²) in [6.45, 7) is 28.1. The minimum Gasteiger partial charge on any atom is -0.388 e. The molecule has 0 saturated carbocycles. The molecular weight excluding hydrogens is 889 g/mol. The van der Waals surface area contributed by atoms with Gasteiger partial charge in [-0.05, 0) is 125 Å². The summed E-state index contributed by atoms with van der Waals surface area (Å²) in [7, 11) is 2.13. The highest BCUT2D eigenvalue weighted by atomic mass is 19.4. The summed E-state index contributed by atoms with van der Waals surface area (Å²) in [5, 5.41) is 16.8. The van der Waals surface area contributed by atoms with E-state index in [9.17, 15) is 26.3 Å². The first kappa shape index (κ1) is 53.5. The fourth-order valence-corrected chi connectivity index (χ4v) is 9.00. The van der Waals surface area contributed by atoms with Gasteiger partial charge in [-0.15, -0.1) is 12.8 Å². The maximum absolute atomic E-state index is 13.7. The van der Waals surface area contributed by atoms with E-state index in [1.54, 1.807) is 19.1 Å². The van der Waals surface area contributed by atoms with Crippen LogP contribution in [-0.2, 0) is 29.9 Å². The van der Waals surface area contributed by atoms with Gasteiger partial charge in [0.05, 0.1) is 17.3 Å². The van der Waals surface area contributed by atoms with Crippen LogP contribution in [0.25, 0.3) is 46.3 Å². The molecule has 0 amide bonds. The molecule has 1 fully saturated rings. The molecule has 1 aliphatic heterocycles. The normalized spacial score (nSPS) is 14.4. The van der Waals surface area contributed by atoms with Crippen LogP contribution in [0.1, 0.15) is 98.7 Å². The summed E-state index contributed by atoms with van der Waals surface area (Å²) in [6.07, 6.45) is 12.8. The molecule has 8 nitrogen and oxygen atoms in total. The number of piperidine rings is 1. The topological polar surface area (TPSA) is 83.0 Å². The molecule has 1 unspecified atom stereocenters. The molecule has 1 saturated heterocycles. The van der Waals surface area contributed by atoms with Crippen molar-refractivity contribution in [2.45, 2.75) is 103 Å². The van der Waals surface area contributed by atoms with Crippen molar-refractivity contribution in [3.8, 4) is 35.2 Å². The van der Waals surface area contributed by atoms with Gasteiger partial charge < -0.3 is 24.8 Å². The highest BCUT2D eigenvalue weighted by molar-refractivity contribution is 5.87. The number of alkyl halides is 6. The fourth-order valence-electron chi connectivity index (χ4n) is 9.00. The molecular formula is C55H65F6N7O. The third kappa shape index (κ3) is 14.1. The minimum atomic E-state index is -4.63. The number of hydrogen-bond donors (Lipinski definition) is 3. The van der Waals surface area contributed by atoms with E-state index < -0.39 is 23.6 Å². The van der Waals surface area contributed by atoms with E-state index in [1.165, 1.54) is 22.7 Å². The van der Waals surface area contributed by atoms with Crippen LogP contribution in [-0.4, -0.2) is 58.0 Å². The van der Waals surface area contributed by atoms with Crippen LogP contribution in [0.15, 0.2) is 103 Å². The summed E-state index contributed by atoms with van der Waals surface area (Å²) in [6, 6.07) is 11.8. The van der Waals surface area contributed by atoms with Crippen LogP contribution in [0.2, 0.25) is 0 Å². The lowest BCUT2D eigenvalue weighted by molar-refractivity contribution is -0.141. The average Bonchev–Trinajstić information content (AvgIpc) is 3.90. The smallest absolute Gasteiger partial charge is 0.388 e. The van der Waals surface area contributed by atoms with Gasteiger partial charge in [-0.25, -0.2) is 0 Å². The maximum atomic E-state index is 13.7. The third-order valence-electron chi connectivity index (χ3n) is 12.5. The summed E-state index contributed by atoms with van der Waals surface area (Å²) < 4.78 is 89.1. The largest absolute Gasteiger partial charge is 0.432 e. The SMILES string of the molecule is C#C.C=C(CCCCOCCCCCN(C)/C=C(\C)CCc1cccc2c(=C)n(C3CCC(=C)NC3=C)c(=C)c12)NCCc1ccc(-c2cc(C(F)(F)F)[nH]n2)c(C)c1-c1cncc(C(F)(F)F)c1. The van der Waals surface area contributed by atoms with Crippen molar-refractivity contribution >= 4 is 23.9 Å². The lowest BCUT2D eigenvalue weighted by atomic mass is 9.89. The van der Waals surface area contributed by atoms with E-state index in [-0.39, 0.29) is 17.3 Å². The van der Waals surface area contributed by atoms with Crippen molar-refractivity contribution in [3.63, 3.8) is 0 Å². The van der Waals surface area contributed by atoms with Gasteiger partial charge in [-0.2, -0.15) is 31.4 Å². The number of aromatic amines is 1. The summed E-state index contributed by atoms with van der Waals surface area (Å²) in [5.41, 5.74) is 5.72. The molecule has 0 aliphatic carbocycles. The van der Waals surface area contributed by atoms with Crippen molar-refractivity contribution in [3.05, 3.63) is 142 Å². The number of rotatable bonds is 22. The van der Waals surface area contributed by atoms with Gasteiger partial charge in [0.1, 0.15) is 5.69 Å². The van der Waals surface area contributed by atoms with Crippen LogP contribution in [0.4, 0.5) is 26.3 Å². The molecule has 4 heterocycles. The van der Waals surface area contributed by atoms with E-state index >= 15 is 0 Å². The van der Waals surface area contributed by atoms with Crippen molar-refractivity contribution in [1.82, 2.24) is 35.3 Å². The molecule has 5 aromatic rings. The maximum Gasteiger partial charge on any atom is 0.432 e. The number of nitrogens with one attached hydrogen (secondary N) is 3. The Labute approximate surface area is 402 Å². The zero-order valence-electron chi connectivity index (χ0n) is 40.1. The minimum absolute atomic E-state index is 0.0360. The van der Waals surface area contributed by atoms with E-state index in [4.69, 9.17) is 4.74 Å². The Morgan fingerprint density at radius 1 is 0.913 bits per heavy atom. The first-order valence-electron chi connectivity index (χ1n) is 23.2.